The van der Waals surface area contributed by atoms with E-state index >= 15 is 0 Å². The van der Waals surface area contributed by atoms with Crippen LogP contribution in [0.5, 0.6) is 0 Å². The zero-order chi connectivity index (χ0) is 22.5. The van der Waals surface area contributed by atoms with Gasteiger partial charge in [0.15, 0.2) is 5.16 Å². The number of nitrogens with two attached hydrogens (primary N) is 1. The maximum absolute atomic E-state index is 13.1. The van der Waals surface area contributed by atoms with Gasteiger partial charge in [0, 0.05) is 44.6 Å². The fourth-order valence-corrected chi connectivity index (χ4v) is 4.30. The van der Waals surface area contributed by atoms with Crippen molar-refractivity contribution in [2.75, 3.05) is 0 Å². The van der Waals surface area contributed by atoms with Gasteiger partial charge < -0.3 is 5.73 Å². The molecule has 2 N–H and O–H groups in total. The molecular formula is C21H25N5O4S. The van der Waals surface area contributed by atoms with Crippen molar-refractivity contribution in [3.63, 3.8) is 0 Å². The Morgan fingerprint density at radius 1 is 1.06 bits per heavy atom. The lowest BCUT2D eigenvalue weighted by Crippen LogP contribution is -2.37. The molecule has 0 bridgehead atoms. The van der Waals surface area contributed by atoms with E-state index < -0.39 is 5.69 Å². The molecule has 1 aromatic carbocycles. The molecule has 0 spiro atoms. The van der Waals surface area contributed by atoms with Crippen LogP contribution in [0.15, 0.2) is 49.9 Å². The fraction of sp³-hybridized carbons (Fsp3) is 0.381. The van der Waals surface area contributed by atoms with Gasteiger partial charge in [0.1, 0.15) is 0 Å². The van der Waals surface area contributed by atoms with Gasteiger partial charge in [-0.1, -0.05) is 30.3 Å². The Morgan fingerprint density at radius 3 is 2.55 bits per heavy atom. The van der Waals surface area contributed by atoms with E-state index in [4.69, 9.17) is 5.73 Å². The van der Waals surface area contributed by atoms with Crippen molar-refractivity contribution in [2.24, 2.45) is 19.8 Å². The summed E-state index contributed by atoms with van der Waals surface area (Å²) in [5, 5.41) is 1.05. The quantitative estimate of drug-likeness (QED) is 0.301. The van der Waals surface area contributed by atoms with E-state index in [-0.39, 0.29) is 17.0 Å². The van der Waals surface area contributed by atoms with Crippen LogP contribution < -0.4 is 22.5 Å². The first-order valence-corrected chi connectivity index (χ1v) is 10.9. The first kappa shape index (κ1) is 22.5. The number of rotatable bonds is 9. The summed E-state index contributed by atoms with van der Waals surface area (Å²) in [7, 11) is 3.04. The van der Waals surface area contributed by atoms with Crippen molar-refractivity contribution in [2.45, 2.75) is 43.1 Å². The molecule has 164 valence electrons. The molecule has 3 rings (SSSR count). The standard InChI is InChI=1S/C21H25N5O4S/c1-24-14(12-18(28)25(2)21(24)30)13-31-20-23-16-9-6-5-8-15(16)19(29)26(20)11-7-3-4-10-17(22)27/h5-6,8-9,12H,3-4,7,10-11,13H2,1-2H3,(H2,22,27). The van der Waals surface area contributed by atoms with E-state index in [1.165, 1.54) is 29.4 Å². The van der Waals surface area contributed by atoms with Gasteiger partial charge in [-0.25, -0.2) is 9.78 Å². The summed E-state index contributed by atoms with van der Waals surface area (Å²) in [6.45, 7) is 0.452. The summed E-state index contributed by atoms with van der Waals surface area (Å²) in [6.07, 6.45) is 2.45. The molecule has 9 nitrogen and oxygen atoms in total. The number of fused-ring (bicyclic) bond motifs is 1. The lowest BCUT2D eigenvalue weighted by atomic mass is 10.2. The van der Waals surface area contributed by atoms with E-state index in [2.05, 4.69) is 4.98 Å². The van der Waals surface area contributed by atoms with Gasteiger partial charge in [-0.05, 0) is 25.0 Å². The third kappa shape index (κ3) is 5.13. The molecule has 0 atom stereocenters. The minimum absolute atomic E-state index is 0.138. The van der Waals surface area contributed by atoms with Crippen molar-refractivity contribution in [1.29, 1.82) is 0 Å². The Bertz CT molecular complexity index is 1290. The molecule has 0 aliphatic rings. The minimum Gasteiger partial charge on any atom is -0.370 e. The van der Waals surface area contributed by atoms with Crippen LogP contribution in [0.25, 0.3) is 10.9 Å². The number of para-hydroxylation sites is 1. The maximum atomic E-state index is 13.1. The number of carbonyl (C=O) groups excluding carboxylic acids is 1. The van der Waals surface area contributed by atoms with Crippen LogP contribution >= 0.6 is 11.8 Å². The Balaban J connectivity index is 1.89. The second-order valence-corrected chi connectivity index (χ2v) is 8.25. The summed E-state index contributed by atoms with van der Waals surface area (Å²) in [5.74, 6) is -0.0192. The summed E-state index contributed by atoms with van der Waals surface area (Å²) in [5.41, 5.74) is 5.41. The van der Waals surface area contributed by atoms with Gasteiger partial charge in [-0.15, -0.1) is 0 Å². The molecule has 0 saturated heterocycles. The second-order valence-electron chi connectivity index (χ2n) is 7.31. The summed E-state index contributed by atoms with van der Waals surface area (Å²) >= 11 is 1.31. The number of hydrogen-bond acceptors (Lipinski definition) is 6. The van der Waals surface area contributed by atoms with Gasteiger partial charge in [0.05, 0.1) is 10.9 Å². The number of nitrogens with zero attached hydrogens (tertiary/aromatic N) is 4. The van der Waals surface area contributed by atoms with E-state index in [1.54, 1.807) is 29.8 Å². The molecule has 0 unspecified atom stereocenters. The predicted molar refractivity (Wildman–Crippen MR) is 120 cm³/mol. The van der Waals surface area contributed by atoms with Gasteiger partial charge in [-0.3, -0.25) is 28.1 Å². The first-order chi connectivity index (χ1) is 14.8. The lowest BCUT2D eigenvalue weighted by molar-refractivity contribution is -0.118. The van der Waals surface area contributed by atoms with Crippen molar-refractivity contribution >= 4 is 28.6 Å². The van der Waals surface area contributed by atoms with Gasteiger partial charge in [0.25, 0.3) is 11.1 Å². The highest BCUT2D eigenvalue weighted by Gasteiger charge is 2.13. The molecule has 2 heterocycles. The van der Waals surface area contributed by atoms with Crippen LogP contribution in [0, 0.1) is 0 Å². The Hall–Kier alpha value is -3.14. The average molecular weight is 444 g/mol. The number of unbranched alkanes of at least 4 members (excludes halogenated alkanes) is 2. The van der Waals surface area contributed by atoms with E-state index in [0.717, 1.165) is 11.0 Å². The van der Waals surface area contributed by atoms with Gasteiger partial charge in [0.2, 0.25) is 5.91 Å². The van der Waals surface area contributed by atoms with Crippen molar-refractivity contribution in [1.82, 2.24) is 18.7 Å². The molecular weight excluding hydrogens is 418 g/mol. The normalized spacial score (nSPS) is 11.2. The smallest absolute Gasteiger partial charge is 0.330 e. The van der Waals surface area contributed by atoms with Crippen LogP contribution in [0.4, 0.5) is 0 Å². The fourth-order valence-electron chi connectivity index (χ4n) is 3.26. The number of thioether (sulfide) groups is 1. The molecule has 1 amide bonds. The van der Waals surface area contributed by atoms with Crippen LogP contribution in [0.3, 0.4) is 0 Å². The molecule has 0 radical (unpaired) electrons. The van der Waals surface area contributed by atoms with E-state index in [9.17, 15) is 19.2 Å². The lowest BCUT2D eigenvalue weighted by Gasteiger charge is -2.14. The minimum atomic E-state index is -0.401. The van der Waals surface area contributed by atoms with Crippen LogP contribution in [0.1, 0.15) is 31.4 Å². The van der Waals surface area contributed by atoms with Gasteiger partial charge in [-0.2, -0.15) is 0 Å². The third-order valence-corrected chi connectivity index (χ3v) is 6.12. The molecule has 0 aliphatic carbocycles. The SMILES string of the molecule is Cn1c(CSc2nc3ccccc3c(=O)n2CCCCCC(N)=O)cc(=O)n(C)c1=O. The topological polar surface area (TPSA) is 122 Å². The molecule has 31 heavy (non-hydrogen) atoms. The Labute approximate surface area is 182 Å². The van der Waals surface area contributed by atoms with Crippen LogP contribution in [-0.2, 0) is 31.2 Å². The van der Waals surface area contributed by atoms with E-state index in [1.807, 2.05) is 6.07 Å². The Morgan fingerprint density at radius 2 is 1.81 bits per heavy atom. The zero-order valence-corrected chi connectivity index (χ0v) is 18.4. The maximum Gasteiger partial charge on any atom is 0.330 e. The van der Waals surface area contributed by atoms with E-state index in [0.29, 0.717) is 53.3 Å². The number of amides is 1. The summed E-state index contributed by atoms with van der Waals surface area (Å²) in [6, 6.07) is 8.56. The number of benzene rings is 1. The number of carbonyl (C=O) groups is 1. The molecule has 10 heteroatoms. The predicted octanol–water partition coefficient (Wildman–Crippen LogP) is 1.13. The highest BCUT2D eigenvalue weighted by Crippen LogP contribution is 2.22. The third-order valence-electron chi connectivity index (χ3n) is 5.11. The largest absolute Gasteiger partial charge is 0.370 e. The molecule has 0 fully saturated rings. The molecule has 2 aromatic heterocycles. The van der Waals surface area contributed by atoms with Gasteiger partial charge >= 0.3 is 5.69 Å². The number of hydrogen-bond donors (Lipinski definition) is 1. The summed E-state index contributed by atoms with van der Waals surface area (Å²) in [4.78, 5) is 52.8. The zero-order valence-electron chi connectivity index (χ0n) is 17.5. The Kier molecular flexibility index (Phi) is 7.11. The van der Waals surface area contributed by atoms with Crippen molar-refractivity contribution < 1.29 is 4.79 Å². The number of aromatic nitrogens is 4. The number of primary amides is 1. The highest BCUT2D eigenvalue weighted by atomic mass is 32.2. The van der Waals surface area contributed by atoms with Crippen LogP contribution in [0.2, 0.25) is 0 Å². The first-order valence-electron chi connectivity index (χ1n) is 9.96. The molecule has 0 saturated carbocycles. The van der Waals surface area contributed by atoms with Crippen molar-refractivity contribution in [3.8, 4) is 0 Å². The monoisotopic (exact) mass is 443 g/mol. The summed E-state index contributed by atoms with van der Waals surface area (Å²) < 4.78 is 4.09. The molecule has 3 aromatic rings. The highest BCUT2D eigenvalue weighted by molar-refractivity contribution is 7.98. The van der Waals surface area contributed by atoms with Crippen molar-refractivity contribution in [3.05, 3.63) is 67.2 Å². The van der Waals surface area contributed by atoms with Crippen LogP contribution in [-0.4, -0.2) is 24.6 Å². The molecule has 0 aliphatic heterocycles. The average Bonchev–Trinajstić information content (AvgIpc) is 2.75. The second kappa shape index (κ2) is 9.78.